The molecule has 1 aromatic rings. The van der Waals surface area contributed by atoms with E-state index in [-0.39, 0.29) is 0 Å². The van der Waals surface area contributed by atoms with Crippen molar-refractivity contribution in [2.24, 2.45) is 0 Å². The highest BCUT2D eigenvalue weighted by Gasteiger charge is 2.10. The molecule has 0 fully saturated rings. The van der Waals surface area contributed by atoms with Crippen LogP contribution >= 0.6 is 0 Å². The number of aryl methyl sites for hydroxylation is 3. The first-order chi connectivity index (χ1) is 7.79. The molecule has 1 unspecified atom stereocenters. The second-order valence-corrected chi connectivity index (χ2v) is 5.04. The summed E-state index contributed by atoms with van der Waals surface area (Å²) in [7, 11) is 2.04. The van der Waals surface area contributed by atoms with Crippen molar-refractivity contribution in [1.29, 1.82) is 0 Å². The van der Waals surface area contributed by atoms with Crippen molar-refractivity contribution in [2.45, 2.75) is 51.5 Å². The van der Waals surface area contributed by atoms with Crippen LogP contribution in [0.1, 0.15) is 42.9 Å². The van der Waals surface area contributed by atoms with E-state index in [0.717, 1.165) is 0 Å². The minimum absolute atomic E-state index is 0.648. The lowest BCUT2D eigenvalue weighted by Gasteiger charge is -2.10. The lowest BCUT2D eigenvalue weighted by atomic mass is 10.0. The van der Waals surface area contributed by atoms with Gasteiger partial charge < -0.3 is 5.32 Å². The average molecular weight is 217 g/mol. The molecule has 0 aromatic heterocycles. The van der Waals surface area contributed by atoms with Gasteiger partial charge in [0.2, 0.25) is 0 Å². The Morgan fingerprint density at radius 3 is 2.88 bits per heavy atom. The minimum Gasteiger partial charge on any atom is -0.317 e. The average Bonchev–Trinajstić information content (AvgIpc) is 2.76. The highest BCUT2D eigenvalue weighted by molar-refractivity contribution is 5.35. The van der Waals surface area contributed by atoms with Gasteiger partial charge in [-0.2, -0.15) is 0 Å². The molecule has 0 saturated heterocycles. The number of hydrogen-bond acceptors (Lipinski definition) is 1. The molecule has 1 atom stereocenters. The van der Waals surface area contributed by atoms with Gasteiger partial charge in [-0.3, -0.25) is 0 Å². The predicted molar refractivity (Wildman–Crippen MR) is 69.9 cm³/mol. The molecular formula is C15H23N. The van der Waals surface area contributed by atoms with Crippen LogP contribution < -0.4 is 5.32 Å². The Labute approximate surface area is 99.3 Å². The summed E-state index contributed by atoms with van der Waals surface area (Å²) in [5.41, 5.74) is 4.73. The largest absolute Gasteiger partial charge is 0.317 e. The molecule has 2 rings (SSSR count). The van der Waals surface area contributed by atoms with Crippen molar-refractivity contribution in [3.05, 3.63) is 34.9 Å². The Hall–Kier alpha value is -0.820. The van der Waals surface area contributed by atoms with Gasteiger partial charge >= 0.3 is 0 Å². The first-order valence-corrected chi connectivity index (χ1v) is 6.57. The number of rotatable bonds is 5. The highest BCUT2D eigenvalue weighted by atomic mass is 14.8. The van der Waals surface area contributed by atoms with Crippen LogP contribution in [0.15, 0.2) is 18.2 Å². The fourth-order valence-electron chi connectivity index (χ4n) is 2.54. The van der Waals surface area contributed by atoms with Crippen molar-refractivity contribution in [3.63, 3.8) is 0 Å². The van der Waals surface area contributed by atoms with E-state index in [4.69, 9.17) is 0 Å². The van der Waals surface area contributed by atoms with Crippen LogP contribution in [0.4, 0.5) is 0 Å². The molecule has 16 heavy (non-hydrogen) atoms. The molecule has 1 N–H and O–H groups in total. The maximum absolute atomic E-state index is 3.29. The quantitative estimate of drug-likeness (QED) is 0.799. The molecule has 0 heterocycles. The zero-order valence-corrected chi connectivity index (χ0v) is 10.6. The summed E-state index contributed by atoms with van der Waals surface area (Å²) >= 11 is 0. The first kappa shape index (κ1) is 11.7. The van der Waals surface area contributed by atoms with Gasteiger partial charge in [-0.25, -0.2) is 0 Å². The maximum Gasteiger partial charge on any atom is 0.00358 e. The van der Waals surface area contributed by atoms with E-state index in [0.29, 0.717) is 6.04 Å². The molecule has 0 amide bonds. The Morgan fingerprint density at radius 2 is 2.06 bits per heavy atom. The van der Waals surface area contributed by atoms with Crippen molar-refractivity contribution in [3.8, 4) is 0 Å². The summed E-state index contributed by atoms with van der Waals surface area (Å²) < 4.78 is 0. The molecular weight excluding hydrogens is 194 g/mol. The van der Waals surface area contributed by atoms with Crippen molar-refractivity contribution in [1.82, 2.24) is 5.32 Å². The predicted octanol–water partition coefficient (Wildman–Crippen LogP) is 3.11. The third-order valence-electron chi connectivity index (χ3n) is 3.76. The standard InChI is InChI=1S/C15H23N/c1-12(16-2)5-3-6-13-9-10-14-7-4-8-15(14)11-13/h9-12,16H,3-8H2,1-2H3. The smallest absolute Gasteiger partial charge is 0.00358 e. The van der Waals surface area contributed by atoms with Gasteiger partial charge in [-0.15, -0.1) is 0 Å². The van der Waals surface area contributed by atoms with Crippen molar-refractivity contribution >= 4 is 0 Å². The van der Waals surface area contributed by atoms with E-state index in [1.54, 1.807) is 11.1 Å². The summed E-state index contributed by atoms with van der Waals surface area (Å²) in [5, 5.41) is 3.29. The van der Waals surface area contributed by atoms with E-state index < -0.39 is 0 Å². The molecule has 0 aliphatic heterocycles. The van der Waals surface area contributed by atoms with Crippen LogP contribution in [-0.4, -0.2) is 13.1 Å². The van der Waals surface area contributed by atoms with Gasteiger partial charge in [0.1, 0.15) is 0 Å². The van der Waals surface area contributed by atoms with Crippen LogP contribution in [0, 0.1) is 0 Å². The fraction of sp³-hybridized carbons (Fsp3) is 0.600. The lowest BCUT2D eigenvalue weighted by Crippen LogP contribution is -2.20. The molecule has 1 nitrogen and oxygen atoms in total. The minimum atomic E-state index is 0.648. The van der Waals surface area contributed by atoms with Gasteiger partial charge in [0, 0.05) is 6.04 Å². The number of benzene rings is 1. The fourth-order valence-corrected chi connectivity index (χ4v) is 2.54. The summed E-state index contributed by atoms with van der Waals surface area (Å²) in [6, 6.07) is 7.76. The van der Waals surface area contributed by atoms with Crippen molar-refractivity contribution < 1.29 is 0 Å². The van der Waals surface area contributed by atoms with E-state index in [9.17, 15) is 0 Å². The van der Waals surface area contributed by atoms with E-state index in [1.165, 1.54) is 44.1 Å². The Bertz CT molecular complexity index is 343. The second-order valence-electron chi connectivity index (χ2n) is 5.04. The third-order valence-corrected chi connectivity index (χ3v) is 3.76. The normalized spacial score (nSPS) is 16.1. The highest BCUT2D eigenvalue weighted by Crippen LogP contribution is 2.23. The van der Waals surface area contributed by atoms with Gasteiger partial charge in [-0.05, 0) is 69.2 Å². The Kier molecular flexibility index (Phi) is 4.00. The molecule has 1 heteroatoms. The molecule has 88 valence electrons. The Balaban J connectivity index is 1.86. The second kappa shape index (κ2) is 5.49. The number of hydrogen-bond donors (Lipinski definition) is 1. The molecule has 0 saturated carbocycles. The Morgan fingerprint density at radius 1 is 1.25 bits per heavy atom. The number of nitrogens with one attached hydrogen (secondary N) is 1. The maximum atomic E-state index is 3.29. The van der Waals surface area contributed by atoms with Crippen molar-refractivity contribution in [2.75, 3.05) is 7.05 Å². The summed E-state index contributed by atoms with van der Waals surface area (Å²) in [6.07, 6.45) is 7.76. The van der Waals surface area contributed by atoms with Crippen LogP contribution in [0.5, 0.6) is 0 Å². The van der Waals surface area contributed by atoms with Crippen LogP contribution in [-0.2, 0) is 19.3 Å². The molecule has 0 bridgehead atoms. The SMILES string of the molecule is CNC(C)CCCc1ccc2c(c1)CCC2. The van der Waals surface area contributed by atoms with E-state index >= 15 is 0 Å². The molecule has 1 aromatic carbocycles. The van der Waals surface area contributed by atoms with Crippen LogP contribution in [0.3, 0.4) is 0 Å². The molecule has 1 aliphatic rings. The van der Waals surface area contributed by atoms with Gasteiger partial charge in [0.05, 0.1) is 0 Å². The zero-order chi connectivity index (χ0) is 11.4. The number of fused-ring (bicyclic) bond motifs is 1. The summed E-state index contributed by atoms with van der Waals surface area (Å²) in [5.74, 6) is 0. The van der Waals surface area contributed by atoms with E-state index in [1.807, 2.05) is 7.05 Å². The summed E-state index contributed by atoms with van der Waals surface area (Å²) in [4.78, 5) is 0. The van der Waals surface area contributed by atoms with Crippen LogP contribution in [0.2, 0.25) is 0 Å². The van der Waals surface area contributed by atoms with Gasteiger partial charge in [-0.1, -0.05) is 18.2 Å². The topological polar surface area (TPSA) is 12.0 Å². The van der Waals surface area contributed by atoms with Crippen LogP contribution in [0.25, 0.3) is 0 Å². The summed E-state index contributed by atoms with van der Waals surface area (Å²) in [6.45, 7) is 2.25. The zero-order valence-electron chi connectivity index (χ0n) is 10.6. The van der Waals surface area contributed by atoms with Gasteiger partial charge in [0.15, 0.2) is 0 Å². The third kappa shape index (κ3) is 2.85. The lowest BCUT2D eigenvalue weighted by molar-refractivity contribution is 0.542. The monoisotopic (exact) mass is 217 g/mol. The van der Waals surface area contributed by atoms with Gasteiger partial charge in [0.25, 0.3) is 0 Å². The first-order valence-electron chi connectivity index (χ1n) is 6.57. The molecule has 0 spiro atoms. The molecule has 0 radical (unpaired) electrons. The molecule has 1 aliphatic carbocycles. The van der Waals surface area contributed by atoms with E-state index in [2.05, 4.69) is 30.4 Å².